The second-order valence-electron chi connectivity index (χ2n) is 6.12. The predicted molar refractivity (Wildman–Crippen MR) is 104 cm³/mol. The maximum Gasteiger partial charge on any atom is 0.255 e. The Bertz CT molecular complexity index is 949. The highest BCUT2D eigenvalue weighted by Gasteiger charge is 2.18. The molecule has 1 heterocycles. The minimum atomic E-state index is -0.225. The Kier molecular flexibility index (Phi) is 5.45. The first kappa shape index (κ1) is 18.5. The van der Waals surface area contributed by atoms with Crippen molar-refractivity contribution in [1.82, 2.24) is 15.1 Å². The van der Waals surface area contributed by atoms with E-state index in [1.54, 1.807) is 25.3 Å². The molecule has 1 N–H and O–H groups in total. The summed E-state index contributed by atoms with van der Waals surface area (Å²) in [6, 6.07) is 15.2. The average Bonchev–Trinajstić information content (AvgIpc) is 2.99. The molecule has 0 saturated heterocycles. The second-order valence-corrected chi connectivity index (χ2v) is 6.12. The van der Waals surface area contributed by atoms with Crippen LogP contribution in [0, 0.1) is 13.8 Å². The number of hydrogen-bond donors (Lipinski definition) is 1. The molecule has 0 aliphatic rings. The van der Waals surface area contributed by atoms with E-state index in [2.05, 4.69) is 10.4 Å². The molecule has 2 aromatic carbocycles. The van der Waals surface area contributed by atoms with Crippen LogP contribution >= 0.6 is 0 Å². The van der Waals surface area contributed by atoms with Gasteiger partial charge in [-0.2, -0.15) is 5.10 Å². The molecule has 27 heavy (non-hydrogen) atoms. The van der Waals surface area contributed by atoms with Gasteiger partial charge in [0.05, 0.1) is 31.2 Å². The molecular formula is C21H23N3O3. The van der Waals surface area contributed by atoms with Gasteiger partial charge in [-0.15, -0.1) is 0 Å². The van der Waals surface area contributed by atoms with Crippen molar-refractivity contribution in [2.75, 3.05) is 14.2 Å². The van der Waals surface area contributed by atoms with Crippen LogP contribution in [0.5, 0.6) is 11.5 Å². The number of methoxy groups -OCH3 is 2. The van der Waals surface area contributed by atoms with Crippen LogP contribution in [-0.2, 0) is 6.54 Å². The van der Waals surface area contributed by atoms with Gasteiger partial charge >= 0.3 is 0 Å². The molecule has 3 aromatic rings. The third-order valence-corrected chi connectivity index (χ3v) is 4.52. The molecular weight excluding hydrogens is 342 g/mol. The van der Waals surface area contributed by atoms with E-state index in [0.29, 0.717) is 23.6 Å². The number of para-hydroxylation sites is 2. The van der Waals surface area contributed by atoms with Crippen molar-refractivity contribution >= 4 is 5.91 Å². The molecule has 140 valence electrons. The minimum Gasteiger partial charge on any atom is -0.493 e. The van der Waals surface area contributed by atoms with Gasteiger partial charge in [-0.3, -0.25) is 4.79 Å². The highest BCUT2D eigenvalue weighted by molar-refractivity contribution is 5.97. The summed E-state index contributed by atoms with van der Waals surface area (Å²) in [5.74, 6) is 0.720. The number of carbonyl (C=O) groups excluding carboxylic acids is 1. The van der Waals surface area contributed by atoms with E-state index in [0.717, 1.165) is 22.6 Å². The van der Waals surface area contributed by atoms with Crippen LogP contribution in [0.15, 0.2) is 48.5 Å². The summed E-state index contributed by atoms with van der Waals surface area (Å²) in [7, 11) is 3.07. The van der Waals surface area contributed by atoms with E-state index >= 15 is 0 Å². The first-order valence-corrected chi connectivity index (χ1v) is 8.66. The highest BCUT2D eigenvalue weighted by atomic mass is 16.5. The number of ether oxygens (including phenoxy) is 2. The molecule has 3 rings (SSSR count). The standard InChI is InChI=1S/C21H23N3O3/c1-14-18(15(2)24(23-14)16-9-6-5-7-10-16)13-22-21(25)17-11-8-12-19(26-3)20(17)27-4/h5-12H,13H2,1-4H3,(H,22,25). The monoisotopic (exact) mass is 365 g/mol. The van der Waals surface area contributed by atoms with Crippen LogP contribution in [0.2, 0.25) is 0 Å². The molecule has 1 amide bonds. The molecule has 0 aliphatic carbocycles. The fourth-order valence-corrected chi connectivity index (χ4v) is 3.08. The predicted octanol–water partition coefficient (Wildman–Crippen LogP) is 3.44. The number of hydrogen-bond acceptors (Lipinski definition) is 4. The summed E-state index contributed by atoms with van der Waals surface area (Å²) in [5, 5.41) is 7.57. The fraction of sp³-hybridized carbons (Fsp3) is 0.238. The molecule has 0 unspecified atom stereocenters. The number of rotatable bonds is 6. The summed E-state index contributed by atoms with van der Waals surface area (Å²) < 4.78 is 12.5. The average molecular weight is 365 g/mol. The van der Waals surface area contributed by atoms with Crippen molar-refractivity contribution in [3.63, 3.8) is 0 Å². The van der Waals surface area contributed by atoms with Crippen molar-refractivity contribution in [3.05, 3.63) is 71.0 Å². The third-order valence-electron chi connectivity index (χ3n) is 4.52. The highest BCUT2D eigenvalue weighted by Crippen LogP contribution is 2.30. The number of benzene rings is 2. The van der Waals surface area contributed by atoms with E-state index in [-0.39, 0.29) is 5.91 Å². The van der Waals surface area contributed by atoms with E-state index in [1.165, 1.54) is 7.11 Å². The molecule has 0 aliphatic heterocycles. The quantitative estimate of drug-likeness (QED) is 0.727. The Morgan fingerprint density at radius 3 is 2.44 bits per heavy atom. The Morgan fingerprint density at radius 1 is 1.04 bits per heavy atom. The largest absolute Gasteiger partial charge is 0.493 e. The fourth-order valence-electron chi connectivity index (χ4n) is 3.08. The topological polar surface area (TPSA) is 65.4 Å². The SMILES string of the molecule is COc1cccc(C(=O)NCc2c(C)nn(-c3ccccc3)c2C)c1OC. The Balaban J connectivity index is 1.82. The van der Waals surface area contributed by atoms with Gasteiger partial charge in [0.1, 0.15) is 0 Å². The van der Waals surface area contributed by atoms with Gasteiger partial charge in [0, 0.05) is 17.8 Å². The molecule has 0 atom stereocenters. The first-order valence-electron chi connectivity index (χ1n) is 8.66. The zero-order valence-corrected chi connectivity index (χ0v) is 15.9. The smallest absolute Gasteiger partial charge is 0.255 e. The van der Waals surface area contributed by atoms with E-state index in [4.69, 9.17) is 9.47 Å². The minimum absolute atomic E-state index is 0.225. The van der Waals surface area contributed by atoms with Crippen molar-refractivity contribution in [1.29, 1.82) is 0 Å². The van der Waals surface area contributed by atoms with Crippen molar-refractivity contribution in [2.45, 2.75) is 20.4 Å². The molecule has 6 nitrogen and oxygen atoms in total. The normalized spacial score (nSPS) is 10.5. The summed E-state index contributed by atoms with van der Waals surface area (Å²) in [6.45, 7) is 4.32. The number of aryl methyl sites for hydroxylation is 1. The van der Waals surface area contributed by atoms with Gasteiger partial charge < -0.3 is 14.8 Å². The Hall–Kier alpha value is -3.28. The van der Waals surface area contributed by atoms with Crippen LogP contribution in [-0.4, -0.2) is 29.9 Å². The van der Waals surface area contributed by atoms with Gasteiger partial charge in [0.15, 0.2) is 11.5 Å². The molecule has 0 radical (unpaired) electrons. The van der Waals surface area contributed by atoms with E-state index in [9.17, 15) is 4.79 Å². The molecule has 6 heteroatoms. The number of aromatic nitrogens is 2. The number of carbonyl (C=O) groups is 1. The number of amides is 1. The van der Waals surface area contributed by atoms with Crippen LogP contribution in [0.1, 0.15) is 27.3 Å². The van der Waals surface area contributed by atoms with Crippen LogP contribution < -0.4 is 14.8 Å². The molecule has 1 aromatic heterocycles. The van der Waals surface area contributed by atoms with Crippen molar-refractivity contribution < 1.29 is 14.3 Å². The summed E-state index contributed by atoms with van der Waals surface area (Å²) in [4.78, 5) is 12.7. The van der Waals surface area contributed by atoms with E-state index in [1.807, 2.05) is 48.9 Å². The Morgan fingerprint density at radius 2 is 1.78 bits per heavy atom. The van der Waals surface area contributed by atoms with Gasteiger partial charge in [0.25, 0.3) is 5.91 Å². The van der Waals surface area contributed by atoms with Crippen LogP contribution in [0.4, 0.5) is 0 Å². The lowest BCUT2D eigenvalue weighted by molar-refractivity contribution is 0.0947. The maximum atomic E-state index is 12.7. The molecule has 0 bridgehead atoms. The third kappa shape index (κ3) is 3.65. The summed E-state index contributed by atoms with van der Waals surface area (Å²) >= 11 is 0. The maximum absolute atomic E-state index is 12.7. The number of nitrogens with zero attached hydrogens (tertiary/aromatic N) is 2. The molecule has 0 spiro atoms. The molecule has 0 saturated carbocycles. The lowest BCUT2D eigenvalue weighted by Crippen LogP contribution is -2.24. The van der Waals surface area contributed by atoms with Gasteiger partial charge in [-0.25, -0.2) is 4.68 Å². The Labute approximate surface area is 158 Å². The van der Waals surface area contributed by atoms with Gasteiger partial charge in [-0.05, 0) is 38.1 Å². The van der Waals surface area contributed by atoms with Crippen LogP contribution in [0.3, 0.4) is 0 Å². The van der Waals surface area contributed by atoms with Crippen molar-refractivity contribution in [2.24, 2.45) is 0 Å². The summed E-state index contributed by atoms with van der Waals surface area (Å²) in [5.41, 5.74) is 4.30. The zero-order chi connectivity index (χ0) is 19.4. The van der Waals surface area contributed by atoms with Gasteiger partial charge in [0.2, 0.25) is 0 Å². The zero-order valence-electron chi connectivity index (χ0n) is 15.9. The lowest BCUT2D eigenvalue weighted by Gasteiger charge is -2.12. The lowest BCUT2D eigenvalue weighted by atomic mass is 10.1. The van der Waals surface area contributed by atoms with Gasteiger partial charge in [-0.1, -0.05) is 24.3 Å². The molecule has 0 fully saturated rings. The summed E-state index contributed by atoms with van der Waals surface area (Å²) in [6.07, 6.45) is 0. The van der Waals surface area contributed by atoms with E-state index < -0.39 is 0 Å². The first-order chi connectivity index (χ1) is 13.1. The van der Waals surface area contributed by atoms with Crippen molar-refractivity contribution in [3.8, 4) is 17.2 Å². The number of nitrogens with one attached hydrogen (secondary N) is 1. The van der Waals surface area contributed by atoms with Crippen LogP contribution in [0.25, 0.3) is 5.69 Å². The second kappa shape index (κ2) is 7.95.